The van der Waals surface area contributed by atoms with E-state index in [2.05, 4.69) is 20.9 Å². The third-order valence-corrected chi connectivity index (χ3v) is 5.39. The number of hydrogen-bond donors (Lipinski definition) is 3. The van der Waals surface area contributed by atoms with Crippen LogP contribution in [-0.2, 0) is 14.3 Å². The first-order chi connectivity index (χ1) is 14.6. The largest absolute Gasteiger partial charge is 0.378 e. The smallest absolute Gasteiger partial charge is 0.246 e. The Balaban J connectivity index is 1.27. The molecule has 1 saturated carbocycles. The molecule has 2 aromatic rings. The summed E-state index contributed by atoms with van der Waals surface area (Å²) in [7, 11) is 0. The predicted octanol–water partition coefficient (Wildman–Crippen LogP) is 3.31. The first-order valence-electron chi connectivity index (χ1n) is 10.5. The van der Waals surface area contributed by atoms with Crippen LogP contribution in [0.15, 0.2) is 48.5 Å². The number of nitrogens with one attached hydrogen (secondary N) is 3. The van der Waals surface area contributed by atoms with Crippen LogP contribution in [0, 0.1) is 5.92 Å². The highest BCUT2D eigenvalue weighted by molar-refractivity contribution is 5.96. The van der Waals surface area contributed by atoms with Crippen molar-refractivity contribution in [3.63, 3.8) is 0 Å². The number of rotatable bonds is 7. The summed E-state index contributed by atoms with van der Waals surface area (Å²) in [5, 5.41) is 9.05. The van der Waals surface area contributed by atoms with E-state index in [1.54, 1.807) is 0 Å². The Labute approximate surface area is 176 Å². The molecular formula is C23H28N4O3. The first kappa shape index (κ1) is 20.2. The van der Waals surface area contributed by atoms with Crippen molar-refractivity contribution in [2.24, 2.45) is 5.92 Å². The van der Waals surface area contributed by atoms with Crippen molar-refractivity contribution in [2.45, 2.75) is 25.8 Å². The summed E-state index contributed by atoms with van der Waals surface area (Å²) in [6, 6.07) is 14.9. The molecule has 0 bridgehead atoms. The minimum atomic E-state index is -0.407. The van der Waals surface area contributed by atoms with Gasteiger partial charge in [-0.15, -0.1) is 0 Å². The van der Waals surface area contributed by atoms with Gasteiger partial charge in [-0.3, -0.25) is 9.59 Å². The van der Waals surface area contributed by atoms with Crippen molar-refractivity contribution < 1.29 is 14.3 Å². The molecule has 4 rings (SSSR count). The minimum Gasteiger partial charge on any atom is -0.378 e. The molecule has 0 aromatic heterocycles. The molecule has 30 heavy (non-hydrogen) atoms. The van der Waals surface area contributed by atoms with Gasteiger partial charge in [0.25, 0.3) is 0 Å². The Morgan fingerprint density at radius 3 is 2.10 bits per heavy atom. The van der Waals surface area contributed by atoms with Crippen LogP contribution >= 0.6 is 0 Å². The Morgan fingerprint density at radius 2 is 1.47 bits per heavy atom. The molecule has 2 aliphatic rings. The Kier molecular flexibility index (Phi) is 6.18. The quantitative estimate of drug-likeness (QED) is 0.655. The van der Waals surface area contributed by atoms with E-state index < -0.39 is 6.04 Å². The first-order valence-corrected chi connectivity index (χ1v) is 10.5. The summed E-state index contributed by atoms with van der Waals surface area (Å²) in [6.45, 7) is 5.08. The van der Waals surface area contributed by atoms with Gasteiger partial charge in [-0.25, -0.2) is 0 Å². The number of nitrogens with zero attached hydrogens (tertiary/aromatic N) is 1. The van der Waals surface area contributed by atoms with Crippen molar-refractivity contribution in [1.29, 1.82) is 0 Å². The zero-order chi connectivity index (χ0) is 20.9. The van der Waals surface area contributed by atoms with Crippen LogP contribution in [0.4, 0.5) is 22.7 Å². The monoisotopic (exact) mass is 408 g/mol. The second-order valence-electron chi connectivity index (χ2n) is 7.84. The van der Waals surface area contributed by atoms with Crippen molar-refractivity contribution in [3.8, 4) is 0 Å². The molecule has 2 aromatic carbocycles. The highest BCUT2D eigenvalue weighted by Crippen LogP contribution is 2.30. The van der Waals surface area contributed by atoms with E-state index in [4.69, 9.17) is 4.74 Å². The fraction of sp³-hybridized carbons (Fsp3) is 0.391. The predicted molar refractivity (Wildman–Crippen MR) is 119 cm³/mol. The van der Waals surface area contributed by atoms with Gasteiger partial charge in [0.15, 0.2) is 0 Å². The number of carbonyl (C=O) groups is 2. The molecular weight excluding hydrogens is 380 g/mol. The standard InChI is InChI=1S/C23H28N4O3/c1-16(24-18-4-6-19(7-5-18)26-23(29)17-2-3-17)22(28)25-20-8-10-21(11-9-20)27-12-14-30-15-13-27/h4-11,16-17,24H,2-3,12-15H2,1H3,(H,25,28)(H,26,29). The maximum absolute atomic E-state index is 12.5. The fourth-order valence-corrected chi connectivity index (χ4v) is 3.38. The number of anilines is 4. The van der Waals surface area contributed by atoms with Gasteiger partial charge in [0, 0.05) is 41.8 Å². The van der Waals surface area contributed by atoms with Crippen LogP contribution in [-0.4, -0.2) is 44.2 Å². The SMILES string of the molecule is CC(Nc1ccc(NC(=O)C2CC2)cc1)C(=O)Nc1ccc(N2CCOCC2)cc1. The van der Waals surface area contributed by atoms with Gasteiger partial charge in [-0.1, -0.05) is 0 Å². The average Bonchev–Trinajstić information content (AvgIpc) is 3.62. The molecule has 1 heterocycles. The number of hydrogen-bond acceptors (Lipinski definition) is 5. The van der Waals surface area contributed by atoms with Crippen LogP contribution in [0.3, 0.4) is 0 Å². The second kappa shape index (κ2) is 9.17. The Bertz CT molecular complexity index is 872. The van der Waals surface area contributed by atoms with E-state index >= 15 is 0 Å². The lowest BCUT2D eigenvalue weighted by Gasteiger charge is -2.29. The number of ether oxygens (including phenoxy) is 1. The van der Waals surface area contributed by atoms with Gasteiger partial charge in [0.05, 0.1) is 13.2 Å². The minimum absolute atomic E-state index is 0.0862. The molecule has 1 saturated heterocycles. The number of benzene rings is 2. The van der Waals surface area contributed by atoms with Crippen LogP contribution in [0.2, 0.25) is 0 Å². The van der Waals surface area contributed by atoms with Crippen LogP contribution in [0.25, 0.3) is 0 Å². The van der Waals surface area contributed by atoms with E-state index in [1.165, 1.54) is 0 Å². The molecule has 3 N–H and O–H groups in total. The van der Waals surface area contributed by atoms with Gasteiger partial charge in [-0.2, -0.15) is 0 Å². The molecule has 7 heteroatoms. The molecule has 0 spiro atoms. The molecule has 7 nitrogen and oxygen atoms in total. The molecule has 1 unspecified atom stereocenters. The third kappa shape index (κ3) is 5.30. The molecule has 0 radical (unpaired) electrons. The van der Waals surface area contributed by atoms with Gasteiger partial charge < -0.3 is 25.6 Å². The highest BCUT2D eigenvalue weighted by atomic mass is 16.5. The summed E-state index contributed by atoms with van der Waals surface area (Å²) in [5.74, 6) is 0.151. The zero-order valence-electron chi connectivity index (χ0n) is 17.2. The van der Waals surface area contributed by atoms with Crippen molar-refractivity contribution in [1.82, 2.24) is 0 Å². The average molecular weight is 409 g/mol. The number of carbonyl (C=O) groups excluding carboxylic acids is 2. The van der Waals surface area contributed by atoms with E-state index in [0.717, 1.165) is 61.9 Å². The molecule has 1 aliphatic heterocycles. The maximum Gasteiger partial charge on any atom is 0.246 e. The fourth-order valence-electron chi connectivity index (χ4n) is 3.38. The molecule has 1 aliphatic carbocycles. The third-order valence-electron chi connectivity index (χ3n) is 5.39. The molecule has 1 atom stereocenters. The second-order valence-corrected chi connectivity index (χ2v) is 7.84. The Hall–Kier alpha value is -3.06. The lowest BCUT2D eigenvalue weighted by molar-refractivity contribution is -0.117. The summed E-state index contributed by atoms with van der Waals surface area (Å²) < 4.78 is 5.38. The summed E-state index contributed by atoms with van der Waals surface area (Å²) >= 11 is 0. The van der Waals surface area contributed by atoms with Crippen LogP contribution in [0.1, 0.15) is 19.8 Å². The van der Waals surface area contributed by atoms with Gasteiger partial charge in [0.1, 0.15) is 6.04 Å². The van der Waals surface area contributed by atoms with Crippen LogP contribution in [0.5, 0.6) is 0 Å². The number of amides is 2. The summed E-state index contributed by atoms with van der Waals surface area (Å²) in [4.78, 5) is 26.6. The van der Waals surface area contributed by atoms with Gasteiger partial charge in [0.2, 0.25) is 11.8 Å². The number of morpholine rings is 1. The van der Waals surface area contributed by atoms with Gasteiger partial charge >= 0.3 is 0 Å². The topological polar surface area (TPSA) is 82.7 Å². The van der Waals surface area contributed by atoms with Crippen molar-refractivity contribution >= 4 is 34.6 Å². The lowest BCUT2D eigenvalue weighted by Crippen LogP contribution is -2.36. The molecule has 158 valence electrons. The van der Waals surface area contributed by atoms with E-state index in [1.807, 2.05) is 55.5 Å². The van der Waals surface area contributed by atoms with E-state index in [-0.39, 0.29) is 17.7 Å². The lowest BCUT2D eigenvalue weighted by atomic mass is 10.2. The van der Waals surface area contributed by atoms with Crippen LogP contribution < -0.4 is 20.9 Å². The Morgan fingerprint density at radius 1 is 0.900 bits per heavy atom. The summed E-state index contributed by atoms with van der Waals surface area (Å²) in [6.07, 6.45) is 1.96. The summed E-state index contributed by atoms with van der Waals surface area (Å²) in [5.41, 5.74) is 3.50. The van der Waals surface area contributed by atoms with E-state index in [9.17, 15) is 9.59 Å². The van der Waals surface area contributed by atoms with Crippen molar-refractivity contribution in [2.75, 3.05) is 47.2 Å². The normalized spacial score (nSPS) is 17.2. The molecule has 2 fully saturated rings. The van der Waals surface area contributed by atoms with Gasteiger partial charge in [-0.05, 0) is 68.3 Å². The van der Waals surface area contributed by atoms with Crippen molar-refractivity contribution in [3.05, 3.63) is 48.5 Å². The maximum atomic E-state index is 12.5. The van der Waals surface area contributed by atoms with E-state index in [0.29, 0.717) is 0 Å². The zero-order valence-corrected chi connectivity index (χ0v) is 17.2. The highest BCUT2D eigenvalue weighted by Gasteiger charge is 2.29. The molecule has 2 amide bonds.